The van der Waals surface area contributed by atoms with Crippen molar-refractivity contribution in [2.75, 3.05) is 28.4 Å². The summed E-state index contributed by atoms with van der Waals surface area (Å²) in [6, 6.07) is 26.9. The maximum Gasteiger partial charge on any atom is 0.236 e. The zero-order valence-electron chi connectivity index (χ0n) is 33.9. The quantitative estimate of drug-likeness (QED) is 0.0787. The topological polar surface area (TPSA) is 136 Å². The van der Waals surface area contributed by atoms with Gasteiger partial charge in [-0.05, 0) is 61.8 Å². The minimum absolute atomic E-state index is 0.0227. The summed E-state index contributed by atoms with van der Waals surface area (Å²) < 4.78 is 23.1. The van der Waals surface area contributed by atoms with Crippen molar-refractivity contribution in [3.8, 4) is 23.0 Å². The summed E-state index contributed by atoms with van der Waals surface area (Å²) in [6.45, 7) is 8.07. The van der Waals surface area contributed by atoms with Gasteiger partial charge in [-0.25, -0.2) is 0 Å². The standard InChI is InChI=1S/C46H58N2O8/c1-30(2)28-40(45(51,32-18-9-13-22-36(32)53-5)33-19-10-14-23-37(33)54-6)47-42(49)44(26-17-27-44)43(50)48-41(29-31(3)4)46(52,34-20-11-15-24-38(34)55-7)35-21-12-16-25-39(35)56-8/h9-16,18-25,30-31,40-41,51-52H,17,26-29H2,1-8H3,(H,47,49)(H,48,50)/t40-,41-/m1/s1. The SMILES string of the molecule is COc1ccccc1C(O)(c1ccccc1OC)[C@@H](CC(C)C)NC(=O)C1(C(=O)N[C@H](CC(C)C)C(O)(c2ccccc2OC)c2ccccc2OC)CCC1. The molecule has 300 valence electrons. The first-order chi connectivity index (χ1) is 26.8. The number of benzene rings is 4. The summed E-state index contributed by atoms with van der Waals surface area (Å²) in [6.07, 6.45) is 1.94. The second-order valence-corrected chi connectivity index (χ2v) is 15.6. The molecule has 0 heterocycles. The van der Waals surface area contributed by atoms with E-state index in [2.05, 4.69) is 10.6 Å². The van der Waals surface area contributed by atoms with E-state index < -0.39 is 40.5 Å². The highest BCUT2D eigenvalue weighted by Crippen LogP contribution is 2.48. The predicted molar refractivity (Wildman–Crippen MR) is 217 cm³/mol. The van der Waals surface area contributed by atoms with Crippen LogP contribution in [0.2, 0.25) is 0 Å². The largest absolute Gasteiger partial charge is 0.496 e. The van der Waals surface area contributed by atoms with Crippen molar-refractivity contribution in [1.29, 1.82) is 0 Å². The van der Waals surface area contributed by atoms with Gasteiger partial charge < -0.3 is 39.8 Å². The number of ether oxygens (including phenoxy) is 4. The average molecular weight is 767 g/mol. The van der Waals surface area contributed by atoms with E-state index in [1.165, 1.54) is 28.4 Å². The molecule has 4 aromatic rings. The lowest BCUT2D eigenvalue weighted by Gasteiger charge is -2.46. The van der Waals surface area contributed by atoms with Gasteiger partial charge in [0.05, 0.1) is 40.5 Å². The monoisotopic (exact) mass is 766 g/mol. The van der Waals surface area contributed by atoms with E-state index in [1.807, 2.05) is 76.2 Å². The molecule has 0 saturated heterocycles. The van der Waals surface area contributed by atoms with E-state index in [4.69, 9.17) is 18.9 Å². The lowest BCUT2D eigenvalue weighted by atomic mass is 9.66. The summed E-state index contributed by atoms with van der Waals surface area (Å²) >= 11 is 0. The molecule has 0 spiro atoms. The van der Waals surface area contributed by atoms with Crippen LogP contribution in [0, 0.1) is 17.3 Å². The first-order valence-corrected chi connectivity index (χ1v) is 19.4. The summed E-state index contributed by atoms with van der Waals surface area (Å²) in [4.78, 5) is 29.9. The van der Waals surface area contributed by atoms with Crippen LogP contribution in [0.25, 0.3) is 0 Å². The van der Waals surface area contributed by atoms with Crippen LogP contribution in [-0.2, 0) is 20.8 Å². The maximum atomic E-state index is 14.9. The average Bonchev–Trinajstić information content (AvgIpc) is 3.18. The predicted octanol–water partition coefficient (Wildman–Crippen LogP) is 7.13. The van der Waals surface area contributed by atoms with E-state index in [9.17, 15) is 19.8 Å². The minimum atomic E-state index is -1.84. The molecule has 0 unspecified atom stereocenters. The number of para-hydroxylation sites is 4. The van der Waals surface area contributed by atoms with Crippen molar-refractivity contribution in [2.24, 2.45) is 17.3 Å². The number of rotatable bonds is 18. The second-order valence-electron chi connectivity index (χ2n) is 15.6. The number of methoxy groups -OCH3 is 4. The van der Waals surface area contributed by atoms with Gasteiger partial charge in [0.1, 0.15) is 39.6 Å². The van der Waals surface area contributed by atoms with Gasteiger partial charge in [-0.15, -0.1) is 0 Å². The molecule has 0 radical (unpaired) electrons. The van der Waals surface area contributed by atoms with Gasteiger partial charge in [0.2, 0.25) is 11.8 Å². The first-order valence-electron chi connectivity index (χ1n) is 19.4. The summed E-state index contributed by atoms with van der Waals surface area (Å²) in [5.41, 5.74) is -3.37. The third-order valence-corrected chi connectivity index (χ3v) is 11.2. The van der Waals surface area contributed by atoms with Gasteiger partial charge in [-0.1, -0.05) is 107 Å². The molecule has 2 amide bonds. The molecule has 10 nitrogen and oxygen atoms in total. The van der Waals surface area contributed by atoms with Crippen molar-refractivity contribution in [2.45, 2.75) is 83.1 Å². The fourth-order valence-electron chi connectivity index (χ4n) is 8.17. The maximum absolute atomic E-state index is 14.9. The van der Waals surface area contributed by atoms with Crippen LogP contribution < -0.4 is 29.6 Å². The number of nitrogens with one attached hydrogen (secondary N) is 2. The van der Waals surface area contributed by atoms with Gasteiger partial charge in [-0.3, -0.25) is 9.59 Å². The van der Waals surface area contributed by atoms with E-state index >= 15 is 0 Å². The Morgan fingerprint density at radius 2 is 0.821 bits per heavy atom. The Bertz CT molecular complexity index is 1720. The molecule has 5 rings (SSSR count). The highest BCUT2D eigenvalue weighted by molar-refractivity contribution is 6.06. The molecule has 1 saturated carbocycles. The molecular weight excluding hydrogens is 709 g/mol. The van der Waals surface area contributed by atoms with Crippen LogP contribution in [0.3, 0.4) is 0 Å². The van der Waals surface area contributed by atoms with E-state index in [-0.39, 0.29) is 24.7 Å². The van der Waals surface area contributed by atoms with E-state index in [0.29, 0.717) is 64.5 Å². The third-order valence-electron chi connectivity index (χ3n) is 11.2. The Labute approximate surface area is 331 Å². The Balaban J connectivity index is 1.61. The van der Waals surface area contributed by atoms with Crippen molar-refractivity contribution in [3.63, 3.8) is 0 Å². The van der Waals surface area contributed by atoms with Crippen LogP contribution in [0.15, 0.2) is 97.1 Å². The van der Waals surface area contributed by atoms with Gasteiger partial charge in [0, 0.05) is 22.3 Å². The molecule has 1 aliphatic carbocycles. The summed E-state index contributed by atoms with van der Waals surface area (Å²) in [5, 5.41) is 32.8. The van der Waals surface area contributed by atoms with Gasteiger partial charge in [0.15, 0.2) is 0 Å². The summed E-state index contributed by atoms with van der Waals surface area (Å²) in [7, 11) is 6.15. The molecule has 0 aromatic heterocycles. The lowest BCUT2D eigenvalue weighted by molar-refractivity contribution is -0.153. The number of amides is 2. The van der Waals surface area contributed by atoms with E-state index in [1.54, 1.807) is 48.5 Å². The third kappa shape index (κ3) is 7.95. The number of hydrogen-bond donors (Lipinski definition) is 4. The fraction of sp³-hybridized carbons (Fsp3) is 0.435. The smallest absolute Gasteiger partial charge is 0.236 e. The van der Waals surface area contributed by atoms with Gasteiger partial charge in [0.25, 0.3) is 0 Å². The molecule has 10 heteroatoms. The Kier molecular flexibility index (Phi) is 13.4. The van der Waals surface area contributed by atoms with Crippen molar-refractivity contribution < 1.29 is 38.7 Å². The highest BCUT2D eigenvalue weighted by Gasteiger charge is 2.55. The van der Waals surface area contributed by atoms with Gasteiger partial charge >= 0.3 is 0 Å². The molecule has 2 atom stereocenters. The van der Waals surface area contributed by atoms with Crippen molar-refractivity contribution in [1.82, 2.24) is 10.6 Å². The number of carbonyl (C=O) groups is 2. The molecule has 4 N–H and O–H groups in total. The fourth-order valence-corrected chi connectivity index (χ4v) is 8.17. The van der Waals surface area contributed by atoms with Gasteiger partial charge in [-0.2, -0.15) is 0 Å². The van der Waals surface area contributed by atoms with Crippen LogP contribution in [0.4, 0.5) is 0 Å². The zero-order valence-corrected chi connectivity index (χ0v) is 33.9. The van der Waals surface area contributed by atoms with Crippen LogP contribution >= 0.6 is 0 Å². The lowest BCUT2D eigenvalue weighted by Crippen LogP contribution is -2.63. The number of hydrogen-bond acceptors (Lipinski definition) is 8. The van der Waals surface area contributed by atoms with Crippen LogP contribution in [0.5, 0.6) is 23.0 Å². The number of aliphatic hydroxyl groups is 2. The Morgan fingerprint density at radius 3 is 1.04 bits per heavy atom. The molecule has 0 bridgehead atoms. The zero-order chi connectivity index (χ0) is 40.7. The molecule has 1 aliphatic rings. The molecule has 0 aliphatic heterocycles. The molecular formula is C46H58N2O8. The Morgan fingerprint density at radius 1 is 0.554 bits per heavy atom. The van der Waals surface area contributed by atoms with Crippen LogP contribution in [0.1, 0.15) is 82.1 Å². The normalized spacial score (nSPS) is 15.0. The first kappa shape index (κ1) is 42.1. The van der Waals surface area contributed by atoms with E-state index in [0.717, 1.165) is 0 Å². The highest BCUT2D eigenvalue weighted by atomic mass is 16.5. The Hall–Kier alpha value is -5.06. The van der Waals surface area contributed by atoms with Crippen LogP contribution in [-0.4, -0.2) is 62.6 Å². The van der Waals surface area contributed by atoms with Crippen molar-refractivity contribution in [3.05, 3.63) is 119 Å². The van der Waals surface area contributed by atoms with Crippen molar-refractivity contribution >= 4 is 11.8 Å². The second kappa shape index (κ2) is 17.8. The number of carbonyl (C=O) groups excluding carboxylic acids is 2. The summed E-state index contributed by atoms with van der Waals surface area (Å²) in [5.74, 6) is 0.774. The molecule has 56 heavy (non-hydrogen) atoms. The molecule has 1 fully saturated rings. The molecule has 4 aromatic carbocycles. The minimum Gasteiger partial charge on any atom is -0.496 e.